The lowest BCUT2D eigenvalue weighted by Crippen LogP contribution is -2.35. The van der Waals surface area contributed by atoms with Crippen LogP contribution in [0, 0.1) is 0 Å². The van der Waals surface area contributed by atoms with Crippen LogP contribution >= 0.6 is 11.8 Å². The van der Waals surface area contributed by atoms with Gasteiger partial charge in [-0.2, -0.15) is 16.9 Å². The fourth-order valence-corrected chi connectivity index (χ4v) is 3.68. The molecule has 2 aliphatic heterocycles. The summed E-state index contributed by atoms with van der Waals surface area (Å²) in [4.78, 5) is 14.6. The standard InChI is InChI=1S/C22H25N3O3S/c26-22(19-5-1-18(2-6-19)14-25-9-11-27-12-10-25)24-23-13-17-3-7-20(8-4-17)28-21-15-29-16-21/h1-8,13,21H,9-12,14-16H2,(H,24,26). The number of hydrogen-bond donors (Lipinski definition) is 1. The zero-order chi connectivity index (χ0) is 19.9. The second-order valence-electron chi connectivity index (χ2n) is 7.13. The van der Waals surface area contributed by atoms with Crippen LogP contribution < -0.4 is 10.2 Å². The predicted octanol–water partition coefficient (Wildman–Crippen LogP) is 2.78. The summed E-state index contributed by atoms with van der Waals surface area (Å²) in [5.41, 5.74) is 5.27. The minimum Gasteiger partial charge on any atom is -0.489 e. The molecule has 152 valence electrons. The quantitative estimate of drug-likeness (QED) is 0.561. The lowest BCUT2D eigenvalue weighted by Gasteiger charge is -2.26. The Kier molecular flexibility index (Phi) is 6.82. The molecular formula is C22H25N3O3S. The van der Waals surface area contributed by atoms with Crippen molar-refractivity contribution in [2.24, 2.45) is 5.10 Å². The van der Waals surface area contributed by atoms with Gasteiger partial charge in [0.15, 0.2) is 0 Å². The summed E-state index contributed by atoms with van der Waals surface area (Å²) in [6, 6.07) is 15.4. The number of rotatable bonds is 7. The van der Waals surface area contributed by atoms with E-state index in [0.717, 1.165) is 55.7 Å². The van der Waals surface area contributed by atoms with Crippen molar-refractivity contribution in [2.45, 2.75) is 12.6 Å². The maximum absolute atomic E-state index is 12.3. The normalized spacial score (nSPS) is 17.8. The van der Waals surface area contributed by atoms with Crippen molar-refractivity contribution in [3.63, 3.8) is 0 Å². The van der Waals surface area contributed by atoms with E-state index in [0.29, 0.717) is 11.7 Å². The first kappa shape index (κ1) is 19.9. The fourth-order valence-electron chi connectivity index (χ4n) is 3.12. The van der Waals surface area contributed by atoms with E-state index in [1.165, 1.54) is 5.56 Å². The van der Waals surface area contributed by atoms with E-state index in [1.807, 2.05) is 60.3 Å². The van der Waals surface area contributed by atoms with Gasteiger partial charge in [-0.3, -0.25) is 9.69 Å². The summed E-state index contributed by atoms with van der Waals surface area (Å²) >= 11 is 1.89. The monoisotopic (exact) mass is 411 g/mol. The second kappa shape index (κ2) is 9.91. The van der Waals surface area contributed by atoms with Crippen LogP contribution in [0.25, 0.3) is 0 Å². The summed E-state index contributed by atoms with van der Waals surface area (Å²) < 4.78 is 11.2. The van der Waals surface area contributed by atoms with Gasteiger partial charge in [0, 0.05) is 36.7 Å². The van der Waals surface area contributed by atoms with Crippen LogP contribution in [0.15, 0.2) is 53.6 Å². The van der Waals surface area contributed by atoms with Gasteiger partial charge in [0.05, 0.1) is 19.4 Å². The molecule has 0 atom stereocenters. The van der Waals surface area contributed by atoms with Gasteiger partial charge in [-0.25, -0.2) is 5.43 Å². The molecule has 4 rings (SSSR count). The average Bonchev–Trinajstić information content (AvgIpc) is 2.73. The molecule has 29 heavy (non-hydrogen) atoms. The molecular weight excluding hydrogens is 386 g/mol. The highest BCUT2D eigenvalue weighted by Crippen LogP contribution is 2.23. The third kappa shape index (κ3) is 5.82. The Hall–Kier alpha value is -2.35. The minimum absolute atomic E-state index is 0.221. The van der Waals surface area contributed by atoms with Crippen LogP contribution in [0.4, 0.5) is 0 Å². The SMILES string of the molecule is O=C(NN=Cc1ccc(OC2CSC2)cc1)c1ccc(CN2CCOCC2)cc1. The minimum atomic E-state index is -0.221. The van der Waals surface area contributed by atoms with Gasteiger partial charge in [0.2, 0.25) is 0 Å². The van der Waals surface area contributed by atoms with Gasteiger partial charge in [-0.15, -0.1) is 0 Å². The molecule has 0 aromatic heterocycles. The largest absolute Gasteiger partial charge is 0.489 e. The number of carbonyl (C=O) groups excluding carboxylic acids is 1. The number of hydrazone groups is 1. The molecule has 0 spiro atoms. The summed E-state index contributed by atoms with van der Waals surface area (Å²) in [5.74, 6) is 2.77. The molecule has 2 saturated heterocycles. The van der Waals surface area contributed by atoms with Crippen molar-refractivity contribution in [3.8, 4) is 5.75 Å². The Bertz CT molecular complexity index is 829. The van der Waals surface area contributed by atoms with Crippen LogP contribution in [0.5, 0.6) is 5.75 Å². The zero-order valence-corrected chi connectivity index (χ0v) is 17.1. The molecule has 2 fully saturated rings. The molecule has 7 heteroatoms. The topological polar surface area (TPSA) is 63.2 Å². The smallest absolute Gasteiger partial charge is 0.271 e. The van der Waals surface area contributed by atoms with Crippen molar-refractivity contribution in [1.29, 1.82) is 0 Å². The van der Waals surface area contributed by atoms with Crippen molar-refractivity contribution in [2.75, 3.05) is 37.8 Å². The lowest BCUT2D eigenvalue weighted by atomic mass is 10.1. The molecule has 2 aliphatic rings. The van der Waals surface area contributed by atoms with Crippen molar-refractivity contribution in [1.82, 2.24) is 10.3 Å². The number of hydrogen-bond acceptors (Lipinski definition) is 6. The highest BCUT2D eigenvalue weighted by molar-refractivity contribution is 8.00. The van der Waals surface area contributed by atoms with Crippen LogP contribution in [0.1, 0.15) is 21.5 Å². The predicted molar refractivity (Wildman–Crippen MR) is 116 cm³/mol. The van der Waals surface area contributed by atoms with E-state index >= 15 is 0 Å². The molecule has 0 bridgehead atoms. The third-order valence-corrected chi connectivity index (χ3v) is 6.11. The van der Waals surface area contributed by atoms with Gasteiger partial charge in [-0.1, -0.05) is 12.1 Å². The van der Waals surface area contributed by atoms with E-state index in [9.17, 15) is 4.79 Å². The third-order valence-electron chi connectivity index (χ3n) is 4.90. The van der Waals surface area contributed by atoms with Crippen molar-refractivity contribution in [3.05, 3.63) is 65.2 Å². The average molecular weight is 412 g/mol. The number of amides is 1. The number of morpholine rings is 1. The molecule has 1 N–H and O–H groups in total. The van der Waals surface area contributed by atoms with E-state index in [1.54, 1.807) is 6.21 Å². The lowest BCUT2D eigenvalue weighted by molar-refractivity contribution is 0.0342. The van der Waals surface area contributed by atoms with Crippen molar-refractivity contribution < 1.29 is 14.3 Å². The molecule has 2 aromatic rings. The first-order valence-corrected chi connectivity index (χ1v) is 11.0. The number of benzene rings is 2. The number of ether oxygens (including phenoxy) is 2. The molecule has 6 nitrogen and oxygen atoms in total. The van der Waals surface area contributed by atoms with Crippen LogP contribution in [-0.4, -0.2) is 60.9 Å². The fraction of sp³-hybridized carbons (Fsp3) is 0.364. The summed E-state index contributed by atoms with van der Waals surface area (Å²) in [7, 11) is 0. The van der Waals surface area contributed by atoms with Gasteiger partial charge >= 0.3 is 0 Å². The summed E-state index contributed by atoms with van der Waals surface area (Å²) in [6.07, 6.45) is 1.97. The van der Waals surface area contributed by atoms with E-state index in [2.05, 4.69) is 15.4 Å². The van der Waals surface area contributed by atoms with E-state index < -0.39 is 0 Å². The highest BCUT2D eigenvalue weighted by Gasteiger charge is 2.19. The summed E-state index contributed by atoms with van der Waals surface area (Å²) in [6.45, 7) is 4.35. The first-order chi connectivity index (χ1) is 14.3. The molecule has 0 radical (unpaired) electrons. The van der Waals surface area contributed by atoms with Crippen LogP contribution in [0.3, 0.4) is 0 Å². The highest BCUT2D eigenvalue weighted by atomic mass is 32.2. The maximum atomic E-state index is 12.3. The number of carbonyl (C=O) groups is 1. The molecule has 0 aliphatic carbocycles. The van der Waals surface area contributed by atoms with Gasteiger partial charge < -0.3 is 9.47 Å². The molecule has 0 unspecified atom stereocenters. The second-order valence-corrected chi connectivity index (χ2v) is 8.21. The Labute approximate surface area is 175 Å². The van der Waals surface area contributed by atoms with E-state index in [4.69, 9.17) is 9.47 Å². The number of nitrogens with zero attached hydrogens (tertiary/aromatic N) is 2. The molecule has 2 aromatic carbocycles. The zero-order valence-electron chi connectivity index (χ0n) is 16.3. The van der Waals surface area contributed by atoms with E-state index in [-0.39, 0.29) is 5.91 Å². The van der Waals surface area contributed by atoms with Crippen molar-refractivity contribution >= 4 is 23.9 Å². The van der Waals surface area contributed by atoms with Gasteiger partial charge in [0.1, 0.15) is 11.9 Å². The summed E-state index contributed by atoms with van der Waals surface area (Å²) in [5, 5.41) is 4.06. The van der Waals surface area contributed by atoms with Crippen LogP contribution in [-0.2, 0) is 11.3 Å². The van der Waals surface area contributed by atoms with Crippen LogP contribution in [0.2, 0.25) is 0 Å². The molecule has 1 amide bonds. The Morgan fingerprint density at radius 2 is 1.86 bits per heavy atom. The Balaban J connectivity index is 1.25. The number of nitrogens with one attached hydrogen (secondary N) is 1. The Morgan fingerprint density at radius 3 is 2.52 bits per heavy atom. The maximum Gasteiger partial charge on any atom is 0.271 e. The Morgan fingerprint density at radius 1 is 1.14 bits per heavy atom. The number of thioether (sulfide) groups is 1. The molecule has 0 saturated carbocycles. The molecule has 2 heterocycles. The van der Waals surface area contributed by atoms with Gasteiger partial charge in [-0.05, 0) is 47.5 Å². The first-order valence-electron chi connectivity index (χ1n) is 9.83. The van der Waals surface area contributed by atoms with Gasteiger partial charge in [0.25, 0.3) is 5.91 Å².